The third-order valence-electron chi connectivity index (χ3n) is 5.93. The first-order valence-corrected chi connectivity index (χ1v) is 13.1. The number of halogens is 3. The van der Waals surface area contributed by atoms with E-state index in [1.54, 1.807) is 35.8 Å². The molecule has 3 rings (SSSR count). The average Bonchev–Trinajstić information content (AvgIpc) is 2.82. The van der Waals surface area contributed by atoms with Gasteiger partial charge < -0.3 is 9.88 Å². The Bertz CT molecular complexity index is 1470. The van der Waals surface area contributed by atoms with E-state index in [0.29, 0.717) is 16.2 Å². The van der Waals surface area contributed by atoms with Crippen molar-refractivity contribution >= 4 is 15.6 Å². The number of rotatable bonds is 6. The van der Waals surface area contributed by atoms with Crippen LogP contribution in [0, 0.1) is 6.92 Å². The van der Waals surface area contributed by atoms with E-state index in [-0.39, 0.29) is 29.3 Å². The Balaban J connectivity index is 1.99. The van der Waals surface area contributed by atoms with Gasteiger partial charge in [-0.2, -0.15) is 13.2 Å². The van der Waals surface area contributed by atoms with Gasteiger partial charge in [-0.3, -0.25) is 9.59 Å². The molecule has 10 heteroatoms. The molecule has 0 aliphatic heterocycles. The maximum absolute atomic E-state index is 13.4. The number of pyridine rings is 1. The molecule has 0 aliphatic rings. The predicted octanol–water partition coefficient (Wildman–Crippen LogP) is 5.44. The van der Waals surface area contributed by atoms with Gasteiger partial charge in [0.05, 0.1) is 15.3 Å². The van der Waals surface area contributed by atoms with Crippen molar-refractivity contribution in [2.75, 3.05) is 13.3 Å². The molecule has 2 aromatic carbocycles. The van der Waals surface area contributed by atoms with E-state index in [1.165, 1.54) is 31.6 Å². The van der Waals surface area contributed by atoms with E-state index < -0.39 is 32.8 Å². The molecule has 1 unspecified atom stereocenters. The number of nitrogens with zero attached hydrogens (tertiary/aromatic N) is 2. The zero-order valence-corrected chi connectivity index (χ0v) is 21.5. The number of aromatic nitrogens is 1. The van der Waals surface area contributed by atoms with Crippen LogP contribution in [-0.4, -0.2) is 28.0 Å². The molecule has 1 N–H and O–H groups in total. The largest absolute Gasteiger partial charge is 0.416 e. The quantitative estimate of drug-likeness (QED) is 0.471. The number of hydrogen-bond acceptors (Lipinski definition) is 4. The Morgan fingerprint density at radius 1 is 1.14 bits per heavy atom. The number of carbonyl (C=O) groups excluding carboxylic acids is 1. The number of carbonyl (C=O) groups is 1. The van der Waals surface area contributed by atoms with Crippen molar-refractivity contribution in [3.63, 3.8) is 0 Å². The van der Waals surface area contributed by atoms with E-state index in [1.807, 2.05) is 13.8 Å². The van der Waals surface area contributed by atoms with Crippen LogP contribution in [-0.2, 0) is 22.5 Å². The summed E-state index contributed by atoms with van der Waals surface area (Å²) in [6, 6.07) is 11.1. The normalized spacial score (nSPS) is 13.4. The van der Waals surface area contributed by atoms with Gasteiger partial charge in [-0.15, -0.1) is 0 Å². The van der Waals surface area contributed by atoms with E-state index >= 15 is 0 Å². The summed E-state index contributed by atoms with van der Waals surface area (Å²) < 4.78 is 57.9. The highest BCUT2D eigenvalue weighted by molar-refractivity contribution is 7.93. The predicted molar refractivity (Wildman–Crippen MR) is 135 cm³/mol. The summed E-state index contributed by atoms with van der Waals surface area (Å²) >= 11 is 0. The third-order valence-corrected chi connectivity index (χ3v) is 7.77. The van der Waals surface area contributed by atoms with Gasteiger partial charge in [0, 0.05) is 48.2 Å². The van der Waals surface area contributed by atoms with Gasteiger partial charge in [-0.25, -0.2) is 8.57 Å². The minimum Gasteiger partial charge on any atom is -0.348 e. The summed E-state index contributed by atoms with van der Waals surface area (Å²) in [5.41, 5.74) is -0.366. The molecule has 3 aromatic rings. The second kappa shape index (κ2) is 10.3. The number of benzene rings is 2. The van der Waals surface area contributed by atoms with Crippen LogP contribution in [0.2, 0.25) is 0 Å². The number of nitrogens with one attached hydrogen (secondary N) is 1. The third kappa shape index (κ3) is 5.70. The molecule has 1 heterocycles. The van der Waals surface area contributed by atoms with Crippen LogP contribution in [0.5, 0.6) is 0 Å². The zero-order valence-electron chi connectivity index (χ0n) is 20.6. The lowest BCUT2D eigenvalue weighted by Crippen LogP contribution is -2.31. The van der Waals surface area contributed by atoms with Gasteiger partial charge >= 0.3 is 6.18 Å². The number of hydrogen-bond donors (Lipinski definition) is 1. The van der Waals surface area contributed by atoms with Gasteiger partial charge in [0.1, 0.15) is 5.56 Å². The van der Waals surface area contributed by atoms with Crippen LogP contribution < -0.4 is 10.7 Å². The Morgan fingerprint density at radius 2 is 1.78 bits per heavy atom. The van der Waals surface area contributed by atoms with Crippen LogP contribution in [0.4, 0.5) is 13.2 Å². The molecule has 0 bridgehead atoms. The summed E-state index contributed by atoms with van der Waals surface area (Å²) in [5, 5.41) is 2.70. The van der Waals surface area contributed by atoms with Gasteiger partial charge in [0.2, 0.25) is 5.43 Å². The Hall–Kier alpha value is -3.40. The second-order valence-corrected chi connectivity index (χ2v) is 11.2. The molecule has 0 spiro atoms. The highest BCUT2D eigenvalue weighted by atomic mass is 32.2. The van der Waals surface area contributed by atoms with Crippen molar-refractivity contribution in [2.45, 2.75) is 44.4 Å². The fourth-order valence-corrected chi connectivity index (χ4v) is 4.71. The maximum atomic E-state index is 13.4. The van der Waals surface area contributed by atoms with Crippen molar-refractivity contribution < 1.29 is 22.2 Å². The summed E-state index contributed by atoms with van der Waals surface area (Å²) in [6.07, 6.45) is -1.60. The maximum Gasteiger partial charge on any atom is 0.416 e. The summed E-state index contributed by atoms with van der Waals surface area (Å²) in [7, 11) is -1.00. The summed E-state index contributed by atoms with van der Waals surface area (Å²) in [4.78, 5) is 27.0. The fraction of sp³-hybridized carbons (Fsp3) is 0.308. The fourth-order valence-electron chi connectivity index (χ4n) is 3.85. The second-order valence-electron chi connectivity index (χ2n) is 8.72. The lowest BCUT2D eigenvalue weighted by atomic mass is 9.98. The van der Waals surface area contributed by atoms with Crippen molar-refractivity contribution in [2.24, 2.45) is 4.36 Å². The van der Waals surface area contributed by atoms with E-state index in [0.717, 1.165) is 12.1 Å². The minimum atomic E-state index is -4.57. The number of alkyl halides is 3. The van der Waals surface area contributed by atoms with Gasteiger partial charge in [0.15, 0.2) is 0 Å². The van der Waals surface area contributed by atoms with E-state index in [4.69, 9.17) is 0 Å². The SMILES string of the molecule is CN=S(C)(=O)c1ccc(CNC(=O)c2cn(C(C)C)c(C)c(-c3cccc(C(F)(F)F)c3)c2=O)cc1. The van der Waals surface area contributed by atoms with Crippen LogP contribution in [0.1, 0.15) is 47.1 Å². The van der Waals surface area contributed by atoms with E-state index in [9.17, 15) is 27.0 Å². The lowest BCUT2D eigenvalue weighted by Gasteiger charge is -2.20. The monoisotopic (exact) mass is 519 g/mol. The Kier molecular flexibility index (Phi) is 7.78. The van der Waals surface area contributed by atoms with Crippen molar-refractivity contribution in [3.8, 4) is 11.1 Å². The molecule has 0 aliphatic carbocycles. The van der Waals surface area contributed by atoms with Crippen molar-refractivity contribution in [3.05, 3.63) is 87.3 Å². The first-order chi connectivity index (χ1) is 16.8. The van der Waals surface area contributed by atoms with Gasteiger partial charge in [-0.1, -0.05) is 24.3 Å². The standard InChI is InChI=1S/C26H28F3N3O3S/c1-16(2)32-15-22(25(34)31-14-18-9-11-21(12-10-18)36(5,35)30-4)24(33)23(17(32)3)19-7-6-8-20(13-19)26(27,28)29/h6-13,15-16H,14H2,1-5H3,(H,31,34). The van der Waals surface area contributed by atoms with Crippen LogP contribution in [0.15, 0.2) is 68.8 Å². The smallest absolute Gasteiger partial charge is 0.348 e. The number of amides is 1. The van der Waals surface area contributed by atoms with Gasteiger partial charge in [0.25, 0.3) is 5.91 Å². The molecule has 0 saturated carbocycles. The molecule has 0 saturated heterocycles. The van der Waals surface area contributed by atoms with Crippen LogP contribution in [0.25, 0.3) is 11.1 Å². The molecular formula is C26H28F3N3O3S. The molecule has 1 amide bonds. The topological polar surface area (TPSA) is 80.5 Å². The molecule has 1 aromatic heterocycles. The molecule has 0 fully saturated rings. The molecule has 192 valence electrons. The van der Waals surface area contributed by atoms with Crippen LogP contribution in [0.3, 0.4) is 0 Å². The average molecular weight is 520 g/mol. The lowest BCUT2D eigenvalue weighted by molar-refractivity contribution is -0.137. The Labute approximate surface area is 208 Å². The molecule has 36 heavy (non-hydrogen) atoms. The Morgan fingerprint density at radius 3 is 2.33 bits per heavy atom. The van der Waals surface area contributed by atoms with Crippen molar-refractivity contribution in [1.29, 1.82) is 0 Å². The van der Waals surface area contributed by atoms with Crippen LogP contribution >= 0.6 is 0 Å². The zero-order chi connectivity index (χ0) is 26.8. The first kappa shape index (κ1) is 27.2. The highest BCUT2D eigenvalue weighted by Gasteiger charge is 2.31. The van der Waals surface area contributed by atoms with Crippen molar-refractivity contribution in [1.82, 2.24) is 9.88 Å². The first-order valence-electron chi connectivity index (χ1n) is 11.2. The molecule has 0 radical (unpaired) electrons. The van der Waals surface area contributed by atoms with Gasteiger partial charge in [-0.05, 0) is 56.2 Å². The molecule has 1 atom stereocenters. The molecular weight excluding hydrogens is 491 g/mol. The summed E-state index contributed by atoms with van der Waals surface area (Å²) in [6.45, 7) is 5.45. The molecule has 6 nitrogen and oxygen atoms in total. The van der Waals surface area contributed by atoms with E-state index in [2.05, 4.69) is 9.68 Å². The highest BCUT2D eigenvalue weighted by Crippen LogP contribution is 2.32. The minimum absolute atomic E-state index is 0.0489. The summed E-state index contributed by atoms with van der Waals surface area (Å²) in [5.74, 6) is -0.644.